The Balaban J connectivity index is 1.46. The summed E-state index contributed by atoms with van der Waals surface area (Å²) in [5, 5.41) is 5.03. The SMILES string of the molecule is COC(=O)C(CC=Cc1ccc(N(Cc2cscn2)c2ncccn2)cc1)NC(=O)c1c(Cl)cccc1Cl. The summed E-state index contributed by atoms with van der Waals surface area (Å²) in [6.07, 6.45) is 7.25. The zero-order valence-corrected chi connectivity index (χ0v) is 22.6. The molecule has 0 radical (unpaired) electrons. The van der Waals surface area contributed by atoms with E-state index in [0.29, 0.717) is 12.5 Å². The number of carbonyl (C=O) groups excluding carboxylic acids is 2. The molecule has 194 valence electrons. The Kier molecular flexibility index (Phi) is 9.42. The largest absolute Gasteiger partial charge is 0.467 e. The van der Waals surface area contributed by atoms with Crippen LogP contribution in [-0.4, -0.2) is 40.0 Å². The van der Waals surface area contributed by atoms with Crippen molar-refractivity contribution in [2.24, 2.45) is 0 Å². The van der Waals surface area contributed by atoms with E-state index in [9.17, 15) is 9.59 Å². The monoisotopic (exact) mass is 567 g/mol. The van der Waals surface area contributed by atoms with Crippen LogP contribution in [0.15, 0.2) is 77.9 Å². The standard InChI is InChI=1S/C27H23Cl2N5O3S/c1-37-26(36)23(33-25(35)24-21(28)6-3-7-22(24)29)8-2-5-18-9-11-20(12-10-18)34(15-19-16-38-17-32-19)27-30-13-4-14-31-27/h2-7,9-14,16-17,23H,8,15H2,1H3,(H,33,35). The average Bonchev–Trinajstić information content (AvgIpc) is 3.45. The molecule has 1 amide bonds. The van der Waals surface area contributed by atoms with Gasteiger partial charge in [-0.2, -0.15) is 0 Å². The predicted molar refractivity (Wildman–Crippen MR) is 150 cm³/mol. The van der Waals surface area contributed by atoms with Crippen molar-refractivity contribution < 1.29 is 14.3 Å². The summed E-state index contributed by atoms with van der Waals surface area (Å²) in [4.78, 5) is 40.2. The van der Waals surface area contributed by atoms with Gasteiger partial charge in [0.15, 0.2) is 0 Å². The molecule has 1 atom stereocenters. The highest BCUT2D eigenvalue weighted by Gasteiger charge is 2.23. The molecule has 0 saturated carbocycles. The number of anilines is 2. The molecule has 4 aromatic rings. The number of benzene rings is 2. The van der Waals surface area contributed by atoms with Gasteiger partial charge in [-0.05, 0) is 42.3 Å². The minimum absolute atomic E-state index is 0.105. The Labute approximate surface area is 233 Å². The first-order valence-electron chi connectivity index (χ1n) is 11.5. The smallest absolute Gasteiger partial charge is 0.328 e. The third-order valence-corrected chi connectivity index (χ3v) is 6.73. The van der Waals surface area contributed by atoms with Crippen LogP contribution in [0.25, 0.3) is 6.08 Å². The third-order valence-electron chi connectivity index (χ3n) is 5.46. The van der Waals surface area contributed by atoms with E-state index in [4.69, 9.17) is 27.9 Å². The summed E-state index contributed by atoms with van der Waals surface area (Å²) < 4.78 is 4.86. The minimum atomic E-state index is -0.917. The summed E-state index contributed by atoms with van der Waals surface area (Å²) in [6.45, 7) is 0.526. The summed E-state index contributed by atoms with van der Waals surface area (Å²) in [5.74, 6) is -0.571. The van der Waals surface area contributed by atoms with E-state index in [-0.39, 0.29) is 22.0 Å². The molecule has 0 aliphatic carbocycles. The molecule has 0 spiro atoms. The normalized spacial score (nSPS) is 11.8. The van der Waals surface area contributed by atoms with Gasteiger partial charge in [-0.1, -0.05) is 53.6 Å². The van der Waals surface area contributed by atoms with Crippen LogP contribution in [0.2, 0.25) is 10.0 Å². The highest BCUT2D eigenvalue weighted by atomic mass is 35.5. The lowest BCUT2D eigenvalue weighted by atomic mass is 10.1. The molecule has 0 saturated heterocycles. The molecule has 2 heterocycles. The maximum absolute atomic E-state index is 12.8. The molecular weight excluding hydrogens is 545 g/mol. The molecule has 38 heavy (non-hydrogen) atoms. The second-order valence-electron chi connectivity index (χ2n) is 7.99. The van der Waals surface area contributed by atoms with Crippen LogP contribution in [0.4, 0.5) is 11.6 Å². The van der Waals surface area contributed by atoms with E-state index in [0.717, 1.165) is 16.9 Å². The Hall–Kier alpha value is -3.79. The molecule has 1 unspecified atom stereocenters. The number of nitrogens with one attached hydrogen (secondary N) is 1. The first-order valence-corrected chi connectivity index (χ1v) is 13.2. The fourth-order valence-electron chi connectivity index (χ4n) is 3.59. The van der Waals surface area contributed by atoms with Crippen molar-refractivity contribution in [1.29, 1.82) is 0 Å². The second-order valence-corrected chi connectivity index (χ2v) is 9.52. The quantitative estimate of drug-likeness (QED) is 0.236. The summed E-state index contributed by atoms with van der Waals surface area (Å²) >= 11 is 13.8. The first-order chi connectivity index (χ1) is 18.5. The van der Waals surface area contributed by atoms with Gasteiger partial charge in [0, 0.05) is 23.5 Å². The maximum atomic E-state index is 12.8. The van der Waals surface area contributed by atoms with Crippen LogP contribution in [0.1, 0.15) is 28.0 Å². The van der Waals surface area contributed by atoms with Crippen LogP contribution in [-0.2, 0) is 16.1 Å². The summed E-state index contributed by atoms with van der Waals surface area (Å²) in [7, 11) is 1.26. The van der Waals surface area contributed by atoms with E-state index in [1.165, 1.54) is 18.4 Å². The van der Waals surface area contributed by atoms with Crippen molar-refractivity contribution in [3.05, 3.63) is 105 Å². The highest BCUT2D eigenvalue weighted by molar-refractivity contribution is 7.07. The molecule has 0 fully saturated rings. The Morgan fingerprint density at radius 3 is 2.39 bits per heavy atom. The van der Waals surface area contributed by atoms with E-state index in [1.54, 1.807) is 48.2 Å². The van der Waals surface area contributed by atoms with Crippen LogP contribution >= 0.6 is 34.5 Å². The van der Waals surface area contributed by atoms with Crippen LogP contribution in [0, 0.1) is 0 Å². The molecule has 2 aromatic heterocycles. The fourth-order valence-corrected chi connectivity index (χ4v) is 4.71. The van der Waals surface area contributed by atoms with E-state index >= 15 is 0 Å². The average molecular weight is 568 g/mol. The Bertz CT molecular complexity index is 1380. The van der Waals surface area contributed by atoms with E-state index in [1.807, 2.05) is 40.6 Å². The topological polar surface area (TPSA) is 97.3 Å². The number of ether oxygens (including phenoxy) is 1. The van der Waals surface area contributed by atoms with E-state index in [2.05, 4.69) is 20.3 Å². The number of thiazole rings is 1. The number of methoxy groups -OCH3 is 1. The zero-order valence-electron chi connectivity index (χ0n) is 20.3. The number of rotatable bonds is 10. The van der Waals surface area contributed by atoms with Crippen molar-refractivity contribution in [1.82, 2.24) is 20.3 Å². The van der Waals surface area contributed by atoms with Gasteiger partial charge in [0.2, 0.25) is 5.95 Å². The number of nitrogens with zero attached hydrogens (tertiary/aromatic N) is 4. The minimum Gasteiger partial charge on any atom is -0.467 e. The van der Waals surface area contributed by atoms with Crippen molar-refractivity contribution in [2.45, 2.75) is 19.0 Å². The van der Waals surface area contributed by atoms with Gasteiger partial charge >= 0.3 is 5.97 Å². The number of carbonyl (C=O) groups is 2. The molecular formula is C27H23Cl2N5O3S. The summed E-state index contributed by atoms with van der Waals surface area (Å²) in [6, 6.07) is 13.4. The van der Waals surface area contributed by atoms with Gasteiger partial charge in [-0.3, -0.25) is 4.79 Å². The van der Waals surface area contributed by atoms with Crippen LogP contribution in [0.3, 0.4) is 0 Å². The predicted octanol–water partition coefficient (Wildman–Crippen LogP) is 5.95. The van der Waals surface area contributed by atoms with Gasteiger partial charge in [0.05, 0.1) is 40.5 Å². The van der Waals surface area contributed by atoms with Crippen molar-refractivity contribution in [3.63, 3.8) is 0 Å². The van der Waals surface area contributed by atoms with Gasteiger partial charge in [-0.15, -0.1) is 11.3 Å². The Morgan fingerprint density at radius 2 is 1.76 bits per heavy atom. The van der Waals surface area contributed by atoms with Gasteiger partial charge in [0.1, 0.15) is 6.04 Å². The number of hydrogen-bond acceptors (Lipinski definition) is 8. The number of esters is 1. The molecule has 4 rings (SSSR count). The second kappa shape index (κ2) is 13.1. The van der Waals surface area contributed by atoms with Gasteiger partial charge in [-0.25, -0.2) is 19.7 Å². The van der Waals surface area contributed by atoms with Gasteiger partial charge < -0.3 is 15.0 Å². The van der Waals surface area contributed by atoms with Crippen molar-refractivity contribution in [2.75, 3.05) is 12.0 Å². The zero-order chi connectivity index (χ0) is 26.9. The molecule has 0 bridgehead atoms. The fraction of sp³-hybridized carbons (Fsp3) is 0.148. The maximum Gasteiger partial charge on any atom is 0.328 e. The van der Waals surface area contributed by atoms with Crippen molar-refractivity contribution in [3.8, 4) is 0 Å². The van der Waals surface area contributed by atoms with E-state index < -0.39 is 17.9 Å². The Morgan fingerprint density at radius 1 is 1.05 bits per heavy atom. The van der Waals surface area contributed by atoms with Crippen LogP contribution < -0.4 is 10.2 Å². The lowest BCUT2D eigenvalue weighted by Crippen LogP contribution is -2.41. The molecule has 2 aromatic carbocycles. The lowest BCUT2D eigenvalue weighted by Gasteiger charge is -2.21. The molecule has 0 aliphatic heterocycles. The molecule has 11 heteroatoms. The van der Waals surface area contributed by atoms with Crippen molar-refractivity contribution >= 4 is 64.1 Å². The number of amides is 1. The number of halogens is 2. The lowest BCUT2D eigenvalue weighted by molar-refractivity contribution is -0.142. The van der Waals surface area contributed by atoms with Crippen LogP contribution in [0.5, 0.6) is 0 Å². The highest BCUT2D eigenvalue weighted by Crippen LogP contribution is 2.26. The molecule has 0 aliphatic rings. The molecule has 8 nitrogen and oxygen atoms in total. The number of aromatic nitrogens is 3. The third kappa shape index (κ3) is 6.95. The molecule has 1 N–H and O–H groups in total. The number of hydrogen-bond donors (Lipinski definition) is 1. The summed E-state index contributed by atoms with van der Waals surface area (Å²) in [5.41, 5.74) is 4.62. The van der Waals surface area contributed by atoms with Gasteiger partial charge in [0.25, 0.3) is 5.91 Å². The first kappa shape index (κ1) is 27.3.